The number of hydrogen-bond acceptors (Lipinski definition) is 15. The maximum Gasteiger partial charge on any atom is 0.331 e. The molecule has 5 aromatic heterocycles. The Morgan fingerprint density at radius 3 is 1.58 bits per heavy atom. The normalized spacial score (nSPS) is 15.8. The molecule has 386 valence electrons. The Labute approximate surface area is 416 Å². The minimum atomic E-state index is -4.26. The zero-order chi connectivity index (χ0) is 52.8. The minimum absolute atomic E-state index is 0.0293. The van der Waals surface area contributed by atoms with Crippen molar-refractivity contribution in [3.63, 3.8) is 0 Å². The van der Waals surface area contributed by atoms with Crippen molar-refractivity contribution < 1.29 is 57.9 Å². The number of sulfone groups is 2. The number of carboxylic acid groups (broad SMARTS) is 2. The average molecular weight is 1080 g/mol. The molecule has 28 heteroatoms. The summed E-state index contributed by atoms with van der Waals surface area (Å²) in [6, 6.07) is 15.5. The van der Waals surface area contributed by atoms with Crippen LogP contribution in [0.25, 0.3) is 33.5 Å². The molecule has 0 radical (unpaired) electrons. The summed E-state index contributed by atoms with van der Waals surface area (Å²) in [5.74, 6) is -3.25. The van der Waals surface area contributed by atoms with Gasteiger partial charge in [-0.25, -0.2) is 57.6 Å². The monoisotopic (exact) mass is 1080 g/mol. The van der Waals surface area contributed by atoms with Gasteiger partial charge in [0.15, 0.2) is 31.0 Å². The van der Waals surface area contributed by atoms with Crippen LogP contribution in [0.15, 0.2) is 127 Å². The van der Waals surface area contributed by atoms with E-state index in [1.165, 1.54) is 43.9 Å². The van der Waals surface area contributed by atoms with Crippen molar-refractivity contribution >= 4 is 74.0 Å². The molecule has 0 saturated carbocycles. The lowest BCUT2D eigenvalue weighted by Crippen LogP contribution is -2.41. The van der Waals surface area contributed by atoms with Gasteiger partial charge in [-0.05, 0) is 80.3 Å². The Balaban J connectivity index is 0.000000197. The van der Waals surface area contributed by atoms with Crippen molar-refractivity contribution in [2.24, 2.45) is 0 Å². The zero-order valence-corrected chi connectivity index (χ0v) is 42.1. The van der Waals surface area contributed by atoms with Crippen molar-refractivity contribution in [3.8, 4) is 11.1 Å². The van der Waals surface area contributed by atoms with Crippen LogP contribution < -0.4 is 11.4 Å². The van der Waals surface area contributed by atoms with Crippen LogP contribution in [0.5, 0.6) is 0 Å². The molecule has 2 aliphatic rings. The number of benzene rings is 2. The molecule has 2 aromatic carbocycles. The standard InChI is InChI=1S/C25H25N5O7S2.C20H21FN4O7S2/c1-38(34,35)21-6-2-3-7-22(21)39(36,37)28-11-8-19(9-12-28)30-24-20(29(25(30)33)16-23(31)32)13-18(15-27-24)17-5-4-10-26-14-17;1-33(29,30)17-11-13(21)4-5-16(17)34(31,32)23-9-6-14(7-10-23)25-19-15(3-2-8-22-19)24(20(25)28)12-18(26)27/h2-7,10,13-15,19H,8-9,11-12,16H2,1H3,(H,31,32);2-5,8,11,14H,6-7,9-10,12H2,1H3,(H,26,27). The van der Waals surface area contributed by atoms with E-state index in [4.69, 9.17) is 0 Å². The first-order chi connectivity index (χ1) is 34.4. The Morgan fingerprint density at radius 1 is 0.575 bits per heavy atom. The van der Waals surface area contributed by atoms with Gasteiger partial charge in [0.2, 0.25) is 20.0 Å². The molecule has 73 heavy (non-hydrogen) atoms. The molecule has 7 heterocycles. The molecule has 2 saturated heterocycles. The van der Waals surface area contributed by atoms with Gasteiger partial charge in [-0.1, -0.05) is 18.2 Å². The first kappa shape index (κ1) is 52.3. The molecular formula is C45H46FN9O14S4. The van der Waals surface area contributed by atoms with E-state index in [0.29, 0.717) is 34.0 Å². The predicted octanol–water partition coefficient (Wildman–Crippen LogP) is 2.62. The number of piperidine rings is 2. The number of halogens is 1. The third-order valence-electron chi connectivity index (χ3n) is 12.5. The highest BCUT2D eigenvalue weighted by Gasteiger charge is 2.37. The number of rotatable bonds is 13. The summed E-state index contributed by atoms with van der Waals surface area (Å²) in [4.78, 5) is 60.4. The number of carboxylic acids is 2. The van der Waals surface area contributed by atoms with E-state index in [1.54, 1.807) is 42.9 Å². The molecule has 2 N–H and O–H groups in total. The molecule has 7 aromatic rings. The van der Waals surface area contributed by atoms with Gasteiger partial charge in [0.25, 0.3) is 0 Å². The maximum atomic E-state index is 13.6. The number of fused-ring (bicyclic) bond motifs is 2. The fourth-order valence-electron chi connectivity index (χ4n) is 9.10. The summed E-state index contributed by atoms with van der Waals surface area (Å²) in [5, 5.41) is 18.6. The summed E-state index contributed by atoms with van der Waals surface area (Å²) >= 11 is 0. The largest absolute Gasteiger partial charge is 0.480 e. The Morgan fingerprint density at radius 2 is 1.07 bits per heavy atom. The number of hydrogen-bond donors (Lipinski definition) is 2. The molecule has 0 bridgehead atoms. The molecule has 2 fully saturated rings. The smallest absolute Gasteiger partial charge is 0.331 e. The van der Waals surface area contributed by atoms with E-state index in [0.717, 1.165) is 43.6 Å². The summed E-state index contributed by atoms with van der Waals surface area (Å²) in [6.45, 7) is -1.08. The van der Waals surface area contributed by atoms with Crippen LogP contribution in [0.1, 0.15) is 37.8 Å². The maximum absolute atomic E-state index is 13.6. The van der Waals surface area contributed by atoms with Crippen LogP contribution in [0.3, 0.4) is 0 Å². The first-order valence-electron chi connectivity index (χ1n) is 22.2. The van der Waals surface area contributed by atoms with Crippen LogP contribution in [0, 0.1) is 5.82 Å². The van der Waals surface area contributed by atoms with Gasteiger partial charge in [-0.15, -0.1) is 0 Å². The van der Waals surface area contributed by atoms with E-state index in [-0.39, 0.29) is 61.7 Å². The highest BCUT2D eigenvalue weighted by Crippen LogP contribution is 2.33. The lowest BCUT2D eigenvalue weighted by Gasteiger charge is -2.32. The SMILES string of the molecule is CS(=O)(=O)c1cc(F)ccc1S(=O)(=O)N1CCC(n2c(=O)n(CC(=O)O)c3cccnc32)CC1.CS(=O)(=O)c1ccccc1S(=O)(=O)N1CCC(n2c(=O)n(CC(=O)O)c3cc(-c4cccnc4)cnc32)CC1. The Bertz CT molecular complexity index is 3900. The Hall–Kier alpha value is -6.98. The van der Waals surface area contributed by atoms with Gasteiger partial charge in [0.1, 0.15) is 28.7 Å². The van der Waals surface area contributed by atoms with Gasteiger partial charge >= 0.3 is 23.3 Å². The lowest BCUT2D eigenvalue weighted by molar-refractivity contribution is -0.138. The van der Waals surface area contributed by atoms with E-state index in [2.05, 4.69) is 15.0 Å². The molecule has 0 atom stereocenters. The van der Waals surface area contributed by atoms with Crippen LogP contribution in [-0.2, 0) is 62.4 Å². The third-order valence-corrected chi connectivity index (χ3v) is 18.9. The number of imidazole rings is 2. The fourth-order valence-corrected chi connectivity index (χ4v) is 15.2. The van der Waals surface area contributed by atoms with Gasteiger partial charge in [-0.2, -0.15) is 8.61 Å². The van der Waals surface area contributed by atoms with Crippen LogP contribution in [0.4, 0.5) is 4.39 Å². The molecule has 0 unspecified atom stereocenters. The van der Waals surface area contributed by atoms with Gasteiger partial charge in [0.05, 0.1) is 20.8 Å². The molecule has 0 spiro atoms. The molecule has 2 aliphatic heterocycles. The summed E-state index contributed by atoms with van der Waals surface area (Å²) in [7, 11) is -16.2. The quantitative estimate of drug-likeness (QED) is 0.168. The summed E-state index contributed by atoms with van der Waals surface area (Å²) in [6.07, 6.45) is 8.99. The summed E-state index contributed by atoms with van der Waals surface area (Å²) < 4.78 is 123. The van der Waals surface area contributed by atoms with Gasteiger partial charge in [0, 0.05) is 86.7 Å². The van der Waals surface area contributed by atoms with Crippen molar-refractivity contribution in [1.82, 2.24) is 41.8 Å². The third kappa shape index (κ3) is 10.5. The van der Waals surface area contributed by atoms with E-state index in [9.17, 15) is 67.5 Å². The van der Waals surface area contributed by atoms with Crippen molar-refractivity contribution in [1.29, 1.82) is 0 Å². The predicted molar refractivity (Wildman–Crippen MR) is 260 cm³/mol. The van der Waals surface area contributed by atoms with Crippen LogP contribution >= 0.6 is 0 Å². The number of carbonyl (C=O) groups is 2. The zero-order valence-electron chi connectivity index (χ0n) is 38.8. The number of pyridine rings is 3. The number of aromatic nitrogens is 7. The van der Waals surface area contributed by atoms with Crippen molar-refractivity contribution in [2.45, 2.75) is 70.4 Å². The average Bonchev–Trinajstić information content (AvgIpc) is 3.78. The molecule has 23 nitrogen and oxygen atoms in total. The molecular weight excluding hydrogens is 1040 g/mol. The van der Waals surface area contributed by atoms with E-state index >= 15 is 0 Å². The fraction of sp³-hybridized carbons (Fsp3) is 0.311. The lowest BCUT2D eigenvalue weighted by atomic mass is 10.1. The first-order valence-corrected chi connectivity index (χ1v) is 28.9. The number of aliphatic carboxylic acids is 2. The second-order valence-electron chi connectivity index (χ2n) is 17.3. The second kappa shape index (κ2) is 20.1. The van der Waals surface area contributed by atoms with Gasteiger partial charge < -0.3 is 10.2 Å². The minimum Gasteiger partial charge on any atom is -0.480 e. The highest BCUT2D eigenvalue weighted by molar-refractivity contribution is 7.93. The van der Waals surface area contributed by atoms with Crippen molar-refractivity contribution in [3.05, 3.63) is 124 Å². The van der Waals surface area contributed by atoms with Crippen molar-refractivity contribution in [2.75, 3.05) is 38.7 Å². The molecule has 9 rings (SSSR count). The second-order valence-corrected chi connectivity index (χ2v) is 25.1. The molecule has 0 aliphatic carbocycles. The van der Waals surface area contributed by atoms with Gasteiger partial charge in [-0.3, -0.25) is 32.8 Å². The van der Waals surface area contributed by atoms with E-state index in [1.807, 2.05) is 6.07 Å². The topological polar surface area (TPSA) is 310 Å². The highest BCUT2D eigenvalue weighted by atomic mass is 32.2. The van der Waals surface area contributed by atoms with Crippen LogP contribution in [-0.4, -0.2) is 136 Å². The molecule has 0 amide bonds. The number of nitrogens with zero attached hydrogens (tertiary/aromatic N) is 9. The summed E-state index contributed by atoms with van der Waals surface area (Å²) in [5.41, 5.74) is 1.61. The van der Waals surface area contributed by atoms with E-state index < -0.39 is 104 Å². The number of sulfonamides is 2. The van der Waals surface area contributed by atoms with Crippen LogP contribution in [0.2, 0.25) is 0 Å². The Kier molecular flexibility index (Phi) is 14.4.